The highest BCUT2D eigenvalue weighted by Gasteiger charge is 2.29. The van der Waals surface area contributed by atoms with E-state index in [-0.39, 0.29) is 5.69 Å². The van der Waals surface area contributed by atoms with E-state index >= 15 is 0 Å². The number of carbonyl (C=O) groups excluding carboxylic acids is 3. The third-order valence-electron chi connectivity index (χ3n) is 3.02. The molecule has 1 aromatic heterocycles. The molecular weight excluding hydrogens is 266 g/mol. The summed E-state index contributed by atoms with van der Waals surface area (Å²) in [6.07, 6.45) is 1.42. The molecule has 0 radical (unpaired) electrons. The van der Waals surface area contributed by atoms with E-state index in [0.717, 1.165) is 0 Å². The molecule has 0 bridgehead atoms. The first-order valence-corrected chi connectivity index (χ1v) is 5.98. The fourth-order valence-electron chi connectivity index (χ4n) is 1.79. The van der Waals surface area contributed by atoms with Crippen molar-refractivity contribution in [1.29, 1.82) is 0 Å². The molecule has 1 aliphatic rings. The fourth-order valence-corrected chi connectivity index (χ4v) is 1.79. The summed E-state index contributed by atoms with van der Waals surface area (Å²) >= 11 is 0. The van der Waals surface area contributed by atoms with Crippen molar-refractivity contribution in [2.24, 2.45) is 5.84 Å². The molecule has 108 valence electrons. The molecule has 10 heteroatoms. The van der Waals surface area contributed by atoms with Gasteiger partial charge in [0, 0.05) is 26.7 Å². The molecule has 0 aromatic carbocycles. The zero-order valence-electron chi connectivity index (χ0n) is 10.9. The second kappa shape index (κ2) is 5.65. The molecule has 0 aliphatic carbocycles. The first-order valence-electron chi connectivity index (χ1n) is 5.98. The van der Waals surface area contributed by atoms with Crippen LogP contribution < -0.4 is 11.3 Å². The van der Waals surface area contributed by atoms with E-state index in [9.17, 15) is 14.4 Å². The van der Waals surface area contributed by atoms with Crippen LogP contribution in [0, 0.1) is 0 Å². The molecule has 1 aromatic rings. The van der Waals surface area contributed by atoms with Crippen LogP contribution >= 0.6 is 0 Å². The summed E-state index contributed by atoms with van der Waals surface area (Å²) in [7, 11) is 1.59. The predicted molar refractivity (Wildman–Crippen MR) is 65.9 cm³/mol. The molecular formula is C10H15N7O3. The van der Waals surface area contributed by atoms with Crippen molar-refractivity contribution < 1.29 is 14.4 Å². The molecule has 1 saturated heterocycles. The standard InChI is InChI=1S/C10H15N7O3/c1-15-2-3-16(10(20)9(15)19)4-5-17-6-7(13-14-17)8(18)12-11/h6H,2-5,11H2,1H3,(H,12,18). The normalized spacial score (nSPS) is 15.7. The fraction of sp³-hybridized carbons (Fsp3) is 0.500. The van der Waals surface area contributed by atoms with Crippen molar-refractivity contribution in [1.82, 2.24) is 30.2 Å². The minimum Gasteiger partial charge on any atom is -0.336 e. The monoisotopic (exact) mass is 281 g/mol. The Bertz CT molecular complexity index is 541. The number of nitrogens with one attached hydrogen (secondary N) is 1. The largest absolute Gasteiger partial charge is 0.336 e. The Morgan fingerprint density at radius 2 is 2.10 bits per heavy atom. The number of nitrogens with zero attached hydrogens (tertiary/aromatic N) is 5. The maximum absolute atomic E-state index is 11.7. The molecule has 3 N–H and O–H groups in total. The first-order chi connectivity index (χ1) is 9.52. The third kappa shape index (κ3) is 2.74. The van der Waals surface area contributed by atoms with E-state index in [1.54, 1.807) is 7.05 Å². The number of amides is 3. The van der Waals surface area contributed by atoms with E-state index in [4.69, 9.17) is 5.84 Å². The molecule has 1 aliphatic heterocycles. The zero-order valence-corrected chi connectivity index (χ0v) is 10.9. The van der Waals surface area contributed by atoms with Crippen LogP contribution in [-0.4, -0.2) is 69.2 Å². The summed E-state index contributed by atoms with van der Waals surface area (Å²) < 4.78 is 1.42. The minimum absolute atomic E-state index is 0.0910. The summed E-state index contributed by atoms with van der Waals surface area (Å²) in [5.41, 5.74) is 2.04. The average molecular weight is 281 g/mol. The van der Waals surface area contributed by atoms with Gasteiger partial charge in [-0.05, 0) is 0 Å². The Balaban J connectivity index is 1.92. The molecule has 10 nitrogen and oxygen atoms in total. The summed E-state index contributed by atoms with van der Waals surface area (Å²) in [4.78, 5) is 37.3. The van der Waals surface area contributed by atoms with Crippen molar-refractivity contribution in [2.45, 2.75) is 6.54 Å². The van der Waals surface area contributed by atoms with Gasteiger partial charge < -0.3 is 9.80 Å². The van der Waals surface area contributed by atoms with Crippen molar-refractivity contribution >= 4 is 17.7 Å². The molecule has 0 atom stereocenters. The van der Waals surface area contributed by atoms with Crippen molar-refractivity contribution in [3.05, 3.63) is 11.9 Å². The van der Waals surface area contributed by atoms with Crippen LogP contribution in [0.15, 0.2) is 6.20 Å². The summed E-state index contributed by atoms with van der Waals surface area (Å²) in [6, 6.07) is 0. The van der Waals surface area contributed by atoms with Crippen LogP contribution in [-0.2, 0) is 16.1 Å². The highest BCUT2D eigenvalue weighted by Crippen LogP contribution is 2.03. The van der Waals surface area contributed by atoms with Gasteiger partial charge in [0.15, 0.2) is 5.69 Å². The number of hydrazine groups is 1. The van der Waals surface area contributed by atoms with Gasteiger partial charge in [-0.2, -0.15) is 0 Å². The topological polar surface area (TPSA) is 126 Å². The molecule has 0 spiro atoms. The number of carbonyl (C=O) groups is 3. The Kier molecular flexibility index (Phi) is 3.94. The number of piperazine rings is 1. The molecule has 0 saturated carbocycles. The van der Waals surface area contributed by atoms with Gasteiger partial charge in [0.25, 0.3) is 5.91 Å². The smallest absolute Gasteiger partial charge is 0.312 e. The van der Waals surface area contributed by atoms with Crippen LogP contribution in [0.25, 0.3) is 0 Å². The Hall–Kier alpha value is -2.49. The lowest BCUT2D eigenvalue weighted by atomic mass is 10.3. The van der Waals surface area contributed by atoms with Crippen molar-refractivity contribution in [2.75, 3.05) is 26.7 Å². The van der Waals surface area contributed by atoms with Crippen molar-refractivity contribution in [3.63, 3.8) is 0 Å². The zero-order chi connectivity index (χ0) is 14.7. The SMILES string of the molecule is CN1CCN(CCn2cc(C(=O)NN)nn2)C(=O)C1=O. The lowest BCUT2D eigenvalue weighted by Gasteiger charge is -2.31. The Morgan fingerprint density at radius 1 is 1.35 bits per heavy atom. The lowest BCUT2D eigenvalue weighted by molar-refractivity contribution is -0.155. The number of nitrogens with two attached hydrogens (primary N) is 1. The molecule has 3 amide bonds. The van der Waals surface area contributed by atoms with Gasteiger partial charge >= 0.3 is 11.8 Å². The summed E-state index contributed by atoms with van der Waals surface area (Å²) in [5.74, 6) is 3.39. The Labute approximate surface area is 114 Å². The summed E-state index contributed by atoms with van der Waals surface area (Å²) in [6.45, 7) is 1.65. The van der Waals surface area contributed by atoms with Crippen LogP contribution in [0.2, 0.25) is 0 Å². The van der Waals surface area contributed by atoms with E-state index < -0.39 is 17.7 Å². The van der Waals surface area contributed by atoms with E-state index in [1.165, 1.54) is 20.7 Å². The maximum atomic E-state index is 11.7. The van der Waals surface area contributed by atoms with Crippen LogP contribution in [0.1, 0.15) is 10.5 Å². The molecule has 2 heterocycles. The molecule has 2 rings (SSSR count). The number of aromatic nitrogens is 3. The average Bonchev–Trinajstić information content (AvgIpc) is 2.92. The van der Waals surface area contributed by atoms with Crippen molar-refractivity contribution in [3.8, 4) is 0 Å². The van der Waals surface area contributed by atoms with Gasteiger partial charge in [-0.3, -0.25) is 19.8 Å². The minimum atomic E-state index is -0.540. The third-order valence-corrected chi connectivity index (χ3v) is 3.02. The molecule has 0 unspecified atom stereocenters. The van der Waals surface area contributed by atoms with Gasteiger partial charge in [0.1, 0.15) is 0 Å². The first kappa shape index (κ1) is 13.9. The lowest BCUT2D eigenvalue weighted by Crippen LogP contribution is -2.53. The summed E-state index contributed by atoms with van der Waals surface area (Å²) in [5, 5.41) is 7.38. The van der Waals surface area contributed by atoms with Gasteiger partial charge in [-0.15, -0.1) is 5.10 Å². The van der Waals surface area contributed by atoms with Crippen LogP contribution in [0.5, 0.6) is 0 Å². The number of hydrogen-bond acceptors (Lipinski definition) is 6. The van der Waals surface area contributed by atoms with Crippen LogP contribution in [0.4, 0.5) is 0 Å². The molecule has 1 fully saturated rings. The van der Waals surface area contributed by atoms with E-state index in [0.29, 0.717) is 26.2 Å². The van der Waals surface area contributed by atoms with Gasteiger partial charge in [-0.1, -0.05) is 5.21 Å². The van der Waals surface area contributed by atoms with E-state index in [1.807, 2.05) is 5.43 Å². The predicted octanol–water partition coefficient (Wildman–Crippen LogP) is -2.82. The highest BCUT2D eigenvalue weighted by molar-refractivity contribution is 6.35. The second-order valence-corrected chi connectivity index (χ2v) is 4.36. The van der Waals surface area contributed by atoms with Gasteiger partial charge in [0.2, 0.25) is 0 Å². The Morgan fingerprint density at radius 3 is 2.80 bits per heavy atom. The highest BCUT2D eigenvalue weighted by atomic mass is 16.2. The maximum Gasteiger partial charge on any atom is 0.312 e. The van der Waals surface area contributed by atoms with E-state index in [2.05, 4.69) is 10.3 Å². The quantitative estimate of drug-likeness (QED) is 0.265. The number of nitrogen functional groups attached to an aromatic ring is 1. The van der Waals surface area contributed by atoms with Gasteiger partial charge in [0.05, 0.1) is 12.7 Å². The number of hydrogen-bond donors (Lipinski definition) is 2. The van der Waals surface area contributed by atoms with Gasteiger partial charge in [-0.25, -0.2) is 10.5 Å². The van der Waals surface area contributed by atoms with Crippen LogP contribution in [0.3, 0.4) is 0 Å². The molecule has 20 heavy (non-hydrogen) atoms. The number of likely N-dealkylation sites (N-methyl/N-ethyl adjacent to an activating group) is 1. The second-order valence-electron chi connectivity index (χ2n) is 4.36. The number of rotatable bonds is 4.